The zero-order valence-corrected chi connectivity index (χ0v) is 9.61. The van der Waals surface area contributed by atoms with Crippen LogP contribution in [-0.4, -0.2) is 11.2 Å². The summed E-state index contributed by atoms with van der Waals surface area (Å²) in [5.41, 5.74) is 0. The highest BCUT2D eigenvalue weighted by Gasteiger charge is 2.36. The quantitative estimate of drug-likeness (QED) is 0.575. The molecule has 0 aliphatic carbocycles. The number of para-hydroxylation sites is 1. The van der Waals surface area contributed by atoms with Crippen LogP contribution in [0.4, 0.5) is 13.2 Å². The van der Waals surface area contributed by atoms with Crippen molar-refractivity contribution in [2.75, 3.05) is 0 Å². The largest absolute Gasteiger partial charge is 0.460 e. The second kappa shape index (κ2) is 4.43. The van der Waals surface area contributed by atoms with E-state index in [0.717, 1.165) is 0 Å². The molecule has 0 atom stereocenters. The van der Waals surface area contributed by atoms with Gasteiger partial charge in [-0.2, -0.15) is 13.2 Å². The summed E-state index contributed by atoms with van der Waals surface area (Å²) in [5, 5.41) is -1.37. The van der Waals surface area contributed by atoms with Crippen LogP contribution in [0.3, 0.4) is 0 Å². The van der Waals surface area contributed by atoms with Gasteiger partial charge in [-0.15, -0.1) is 0 Å². The van der Waals surface area contributed by atoms with Gasteiger partial charge in [0.05, 0.1) is 3.57 Å². The molecule has 0 heterocycles. The Bertz CT molecular complexity index is 351. The second-order valence-electron chi connectivity index (χ2n) is 2.32. The highest BCUT2D eigenvalue weighted by Crippen LogP contribution is 2.24. The van der Waals surface area contributed by atoms with Gasteiger partial charge in [-0.05, 0) is 46.9 Å². The van der Waals surface area contributed by atoms with Crippen LogP contribution in [0.15, 0.2) is 24.3 Å². The summed E-state index contributed by atoms with van der Waals surface area (Å²) in [4.78, 5) is 0. The first kappa shape index (κ1) is 11.7. The van der Waals surface area contributed by atoms with Crippen molar-refractivity contribution in [2.24, 2.45) is 0 Å². The van der Waals surface area contributed by atoms with Crippen LogP contribution >= 0.6 is 34.8 Å². The van der Waals surface area contributed by atoms with E-state index in [1.165, 1.54) is 6.07 Å². The SMILES string of the molecule is FC(F)(F)C(=S)Oc1ccccc1I. The molecule has 0 radical (unpaired) electrons. The fourth-order valence-electron chi connectivity index (χ4n) is 0.685. The maximum Gasteiger partial charge on any atom is 0.460 e. The third-order valence-corrected chi connectivity index (χ3v) is 2.48. The number of thiocarbonyl (C=S) groups is 1. The molecule has 1 aromatic carbocycles. The summed E-state index contributed by atoms with van der Waals surface area (Å²) >= 11 is 5.95. The van der Waals surface area contributed by atoms with Crippen LogP contribution in [0, 0.1) is 3.57 Å². The lowest BCUT2D eigenvalue weighted by atomic mass is 10.3. The molecule has 6 heteroatoms. The minimum Gasteiger partial charge on any atom is -0.440 e. The van der Waals surface area contributed by atoms with Crippen molar-refractivity contribution in [3.8, 4) is 5.75 Å². The van der Waals surface area contributed by atoms with Gasteiger partial charge in [-0.1, -0.05) is 12.1 Å². The number of hydrogen-bond donors (Lipinski definition) is 0. The van der Waals surface area contributed by atoms with Gasteiger partial charge < -0.3 is 4.74 Å². The molecular weight excluding hydrogens is 328 g/mol. The first-order valence-electron chi connectivity index (χ1n) is 3.45. The molecule has 0 aliphatic heterocycles. The fourth-order valence-corrected chi connectivity index (χ4v) is 1.27. The molecule has 1 nitrogen and oxygen atoms in total. The molecule has 0 aromatic heterocycles. The molecular formula is C8H4F3IOS. The summed E-state index contributed by atoms with van der Waals surface area (Å²) < 4.78 is 41.1. The molecule has 0 aliphatic rings. The second-order valence-corrected chi connectivity index (χ2v) is 3.85. The highest BCUT2D eigenvalue weighted by molar-refractivity contribution is 14.1. The highest BCUT2D eigenvalue weighted by atomic mass is 127. The maximum atomic E-state index is 12.0. The number of benzene rings is 1. The van der Waals surface area contributed by atoms with Gasteiger partial charge in [0.2, 0.25) is 0 Å². The van der Waals surface area contributed by atoms with Gasteiger partial charge >= 0.3 is 6.18 Å². The normalized spacial score (nSPS) is 11.1. The molecule has 76 valence electrons. The van der Waals surface area contributed by atoms with Crippen LogP contribution in [0.1, 0.15) is 0 Å². The summed E-state index contributed by atoms with van der Waals surface area (Å²) in [7, 11) is 0. The van der Waals surface area contributed by atoms with Crippen LogP contribution in [0.2, 0.25) is 0 Å². The third-order valence-electron chi connectivity index (χ3n) is 1.27. The maximum absolute atomic E-state index is 12.0. The third kappa shape index (κ3) is 3.09. The average molecular weight is 332 g/mol. The Kier molecular flexibility index (Phi) is 3.71. The molecule has 0 saturated heterocycles. The topological polar surface area (TPSA) is 9.23 Å². The summed E-state index contributed by atoms with van der Waals surface area (Å²) in [6.45, 7) is 0. The molecule has 0 saturated carbocycles. The van der Waals surface area contributed by atoms with E-state index in [2.05, 4.69) is 17.0 Å². The standard InChI is InChI=1S/C8H4F3IOS/c9-8(10,11)7(14)13-6-4-2-1-3-5(6)12/h1-4H. The van der Waals surface area contributed by atoms with E-state index in [4.69, 9.17) is 0 Å². The molecule has 1 aromatic rings. The Balaban J connectivity index is 2.80. The Morgan fingerprint density at radius 2 is 1.86 bits per heavy atom. The predicted molar refractivity (Wildman–Crippen MR) is 58.4 cm³/mol. The van der Waals surface area contributed by atoms with Gasteiger partial charge in [0.15, 0.2) is 0 Å². The number of ether oxygens (including phenoxy) is 1. The van der Waals surface area contributed by atoms with Crippen molar-refractivity contribution in [1.82, 2.24) is 0 Å². The van der Waals surface area contributed by atoms with E-state index >= 15 is 0 Å². The number of halogens is 4. The number of hydrogen-bond acceptors (Lipinski definition) is 2. The van der Waals surface area contributed by atoms with Crippen LogP contribution < -0.4 is 4.74 Å². The molecule has 0 fully saturated rings. The Morgan fingerprint density at radius 3 is 2.36 bits per heavy atom. The lowest BCUT2D eigenvalue weighted by Crippen LogP contribution is -2.26. The van der Waals surface area contributed by atoms with Gasteiger partial charge in [0.1, 0.15) is 5.75 Å². The van der Waals surface area contributed by atoms with E-state index in [9.17, 15) is 13.2 Å². The Labute approximate surface area is 97.4 Å². The summed E-state index contributed by atoms with van der Waals surface area (Å²) in [6.07, 6.45) is -4.59. The molecule has 0 amide bonds. The smallest absolute Gasteiger partial charge is 0.440 e. The van der Waals surface area contributed by atoms with E-state index in [1.54, 1.807) is 18.2 Å². The molecule has 0 N–H and O–H groups in total. The van der Waals surface area contributed by atoms with Crippen LogP contribution in [-0.2, 0) is 0 Å². The molecule has 0 spiro atoms. The summed E-state index contributed by atoms with van der Waals surface area (Å²) in [6, 6.07) is 6.34. The lowest BCUT2D eigenvalue weighted by Gasteiger charge is -2.10. The van der Waals surface area contributed by atoms with Crippen molar-refractivity contribution in [2.45, 2.75) is 6.18 Å². The molecule has 14 heavy (non-hydrogen) atoms. The fraction of sp³-hybridized carbons (Fsp3) is 0.125. The molecule has 0 bridgehead atoms. The van der Waals surface area contributed by atoms with Crippen molar-refractivity contribution in [3.05, 3.63) is 27.8 Å². The minimum absolute atomic E-state index is 0.121. The monoisotopic (exact) mass is 332 g/mol. The molecule has 1 rings (SSSR count). The van der Waals surface area contributed by atoms with Gasteiger partial charge in [-0.3, -0.25) is 0 Å². The number of alkyl halides is 3. The van der Waals surface area contributed by atoms with Crippen LogP contribution in [0.25, 0.3) is 0 Å². The average Bonchev–Trinajstić information content (AvgIpc) is 2.07. The van der Waals surface area contributed by atoms with Gasteiger partial charge in [0.25, 0.3) is 5.05 Å². The summed E-state index contributed by atoms with van der Waals surface area (Å²) in [5.74, 6) is 0.121. The molecule has 0 unspecified atom stereocenters. The minimum atomic E-state index is -4.59. The Morgan fingerprint density at radius 1 is 1.29 bits per heavy atom. The zero-order chi connectivity index (χ0) is 10.8. The van der Waals surface area contributed by atoms with Gasteiger partial charge in [0, 0.05) is 0 Å². The van der Waals surface area contributed by atoms with Crippen LogP contribution in [0.5, 0.6) is 5.75 Å². The first-order chi connectivity index (χ1) is 6.41. The van der Waals surface area contributed by atoms with E-state index in [0.29, 0.717) is 3.57 Å². The van der Waals surface area contributed by atoms with Crippen molar-refractivity contribution in [1.29, 1.82) is 0 Å². The van der Waals surface area contributed by atoms with Crippen molar-refractivity contribution < 1.29 is 17.9 Å². The van der Waals surface area contributed by atoms with E-state index in [-0.39, 0.29) is 5.75 Å². The first-order valence-corrected chi connectivity index (χ1v) is 4.93. The van der Waals surface area contributed by atoms with Gasteiger partial charge in [-0.25, -0.2) is 0 Å². The van der Waals surface area contributed by atoms with E-state index < -0.39 is 11.2 Å². The van der Waals surface area contributed by atoms with Crippen molar-refractivity contribution >= 4 is 39.9 Å². The van der Waals surface area contributed by atoms with E-state index in [1.807, 2.05) is 22.6 Å². The lowest BCUT2D eigenvalue weighted by molar-refractivity contribution is -0.0677. The number of rotatable bonds is 1. The predicted octanol–water partition coefficient (Wildman–Crippen LogP) is 3.56. The Hall–Kier alpha value is -0.370. The zero-order valence-electron chi connectivity index (χ0n) is 6.64. The van der Waals surface area contributed by atoms with Crippen molar-refractivity contribution in [3.63, 3.8) is 0 Å².